The maximum Gasteiger partial charge on any atom is 0.331 e. The first-order chi connectivity index (χ1) is 10.1. The van der Waals surface area contributed by atoms with Crippen LogP contribution in [0, 0.1) is 6.92 Å². The highest BCUT2D eigenvalue weighted by Crippen LogP contribution is 2.26. The van der Waals surface area contributed by atoms with Crippen molar-refractivity contribution in [3.05, 3.63) is 58.3 Å². The molecule has 3 aromatic rings. The predicted molar refractivity (Wildman–Crippen MR) is 84.8 cm³/mol. The third-order valence-electron chi connectivity index (χ3n) is 3.27. The van der Waals surface area contributed by atoms with Crippen LogP contribution in [0.2, 0.25) is 0 Å². The van der Waals surface area contributed by atoms with E-state index in [1.54, 1.807) is 0 Å². The molecule has 1 aromatic carbocycles. The molecule has 2 heterocycles. The van der Waals surface area contributed by atoms with Crippen LogP contribution < -0.4 is 5.32 Å². The average molecular weight is 298 g/mol. The number of aliphatic carboxylic acids is 1. The highest BCUT2D eigenvalue weighted by atomic mass is 32.1. The maximum absolute atomic E-state index is 11.5. The van der Waals surface area contributed by atoms with Gasteiger partial charge in [0.2, 0.25) is 0 Å². The Kier molecular flexibility index (Phi) is 3.58. The van der Waals surface area contributed by atoms with Gasteiger partial charge in [-0.3, -0.25) is 0 Å². The Morgan fingerprint density at radius 2 is 2.10 bits per heavy atom. The van der Waals surface area contributed by atoms with Gasteiger partial charge in [0.15, 0.2) is 6.04 Å². The number of anilines is 1. The Hall–Kier alpha value is -2.40. The quantitative estimate of drug-likeness (QED) is 0.768. The van der Waals surface area contributed by atoms with E-state index in [0.717, 1.165) is 21.3 Å². The third-order valence-corrected chi connectivity index (χ3v) is 4.21. The van der Waals surface area contributed by atoms with E-state index in [-0.39, 0.29) is 0 Å². The number of hydrogen-bond donors (Lipinski definition) is 2. The molecule has 0 radical (unpaired) electrons. The minimum Gasteiger partial charge on any atom is -0.479 e. The molecule has 106 valence electrons. The Bertz CT molecular complexity index is 784. The van der Waals surface area contributed by atoms with Crippen molar-refractivity contribution in [1.29, 1.82) is 0 Å². The Morgan fingerprint density at radius 3 is 2.81 bits per heavy atom. The molecule has 21 heavy (non-hydrogen) atoms. The van der Waals surface area contributed by atoms with Gasteiger partial charge in [-0.1, -0.05) is 24.3 Å². The van der Waals surface area contributed by atoms with E-state index < -0.39 is 12.0 Å². The highest BCUT2D eigenvalue weighted by molar-refractivity contribution is 7.10. The number of carbonyl (C=O) groups is 1. The number of fused-ring (bicyclic) bond motifs is 1. The number of hydrogen-bond acceptors (Lipinski definition) is 4. The lowest BCUT2D eigenvalue weighted by Crippen LogP contribution is -2.20. The van der Waals surface area contributed by atoms with Crippen LogP contribution in [-0.4, -0.2) is 16.1 Å². The van der Waals surface area contributed by atoms with E-state index in [0.29, 0.717) is 5.82 Å². The number of aromatic nitrogens is 1. The summed E-state index contributed by atoms with van der Waals surface area (Å²) >= 11 is 1.42. The number of pyridine rings is 1. The van der Waals surface area contributed by atoms with Gasteiger partial charge in [0.05, 0.1) is 5.52 Å². The average Bonchev–Trinajstić information content (AvgIpc) is 2.98. The third kappa shape index (κ3) is 2.73. The summed E-state index contributed by atoms with van der Waals surface area (Å²) in [6.45, 7) is 1.93. The molecule has 0 aliphatic heterocycles. The van der Waals surface area contributed by atoms with Gasteiger partial charge in [0.1, 0.15) is 5.82 Å². The lowest BCUT2D eigenvalue weighted by atomic mass is 10.1. The van der Waals surface area contributed by atoms with E-state index in [2.05, 4.69) is 10.3 Å². The van der Waals surface area contributed by atoms with Gasteiger partial charge in [-0.05, 0) is 36.1 Å². The molecular weight excluding hydrogens is 284 g/mol. The second-order valence-electron chi connectivity index (χ2n) is 4.78. The number of nitrogens with one attached hydrogen (secondary N) is 1. The molecule has 0 aliphatic rings. The summed E-state index contributed by atoms with van der Waals surface area (Å²) in [6, 6.07) is 12.7. The van der Waals surface area contributed by atoms with Crippen molar-refractivity contribution in [3.63, 3.8) is 0 Å². The van der Waals surface area contributed by atoms with Crippen LogP contribution in [-0.2, 0) is 4.79 Å². The summed E-state index contributed by atoms with van der Waals surface area (Å²) in [5.74, 6) is -0.304. The minimum atomic E-state index is -0.910. The van der Waals surface area contributed by atoms with E-state index in [9.17, 15) is 9.90 Å². The first kappa shape index (κ1) is 13.6. The van der Waals surface area contributed by atoms with Gasteiger partial charge in [0.25, 0.3) is 0 Å². The van der Waals surface area contributed by atoms with E-state index in [1.807, 2.05) is 54.8 Å². The van der Waals surface area contributed by atoms with Gasteiger partial charge in [-0.2, -0.15) is 0 Å². The SMILES string of the molecule is Cc1cc2ccccc2nc1NC(C(=O)O)c1cccs1. The number of aryl methyl sites for hydroxylation is 1. The number of rotatable bonds is 4. The zero-order chi connectivity index (χ0) is 14.8. The first-order valence-electron chi connectivity index (χ1n) is 6.54. The molecule has 0 amide bonds. The van der Waals surface area contributed by atoms with E-state index >= 15 is 0 Å². The highest BCUT2D eigenvalue weighted by Gasteiger charge is 2.21. The number of para-hydroxylation sites is 1. The van der Waals surface area contributed by atoms with Crippen molar-refractivity contribution in [2.75, 3.05) is 5.32 Å². The summed E-state index contributed by atoms with van der Waals surface area (Å²) in [4.78, 5) is 16.8. The van der Waals surface area contributed by atoms with Crippen molar-refractivity contribution in [3.8, 4) is 0 Å². The van der Waals surface area contributed by atoms with Crippen LogP contribution in [0.1, 0.15) is 16.5 Å². The molecule has 4 nitrogen and oxygen atoms in total. The van der Waals surface area contributed by atoms with Crippen LogP contribution in [0.4, 0.5) is 5.82 Å². The van der Waals surface area contributed by atoms with Crippen molar-refractivity contribution in [1.82, 2.24) is 4.98 Å². The molecule has 1 unspecified atom stereocenters. The lowest BCUT2D eigenvalue weighted by molar-refractivity contribution is -0.138. The van der Waals surface area contributed by atoms with Gasteiger partial charge in [0, 0.05) is 10.3 Å². The topological polar surface area (TPSA) is 62.2 Å². The standard InChI is InChI=1S/C16H14N2O2S/c1-10-9-11-5-2-3-6-12(11)17-15(10)18-14(16(19)20)13-7-4-8-21-13/h2-9,14H,1H3,(H,17,18)(H,19,20). The fraction of sp³-hybridized carbons (Fsp3) is 0.125. The maximum atomic E-state index is 11.5. The van der Waals surface area contributed by atoms with Gasteiger partial charge >= 0.3 is 5.97 Å². The summed E-state index contributed by atoms with van der Waals surface area (Å²) in [6.07, 6.45) is 0. The van der Waals surface area contributed by atoms with E-state index in [1.165, 1.54) is 11.3 Å². The molecule has 0 bridgehead atoms. The Labute approximate surface area is 126 Å². The number of nitrogens with zero attached hydrogens (tertiary/aromatic N) is 1. The largest absolute Gasteiger partial charge is 0.479 e. The number of benzene rings is 1. The first-order valence-corrected chi connectivity index (χ1v) is 7.42. The number of carboxylic acids is 1. The van der Waals surface area contributed by atoms with Crippen molar-refractivity contribution >= 4 is 34.0 Å². The van der Waals surface area contributed by atoms with Crippen molar-refractivity contribution < 1.29 is 9.90 Å². The Balaban J connectivity index is 1.99. The zero-order valence-corrected chi connectivity index (χ0v) is 12.2. The molecule has 0 spiro atoms. The van der Waals surface area contributed by atoms with Crippen molar-refractivity contribution in [2.24, 2.45) is 0 Å². The second kappa shape index (κ2) is 5.54. The Morgan fingerprint density at radius 1 is 1.29 bits per heavy atom. The molecule has 2 aromatic heterocycles. The van der Waals surface area contributed by atoms with Gasteiger partial charge in [-0.25, -0.2) is 9.78 Å². The molecular formula is C16H14N2O2S. The summed E-state index contributed by atoms with van der Waals surface area (Å²) < 4.78 is 0. The van der Waals surface area contributed by atoms with Crippen LogP contribution in [0.15, 0.2) is 47.8 Å². The molecule has 3 rings (SSSR count). The molecule has 0 saturated carbocycles. The summed E-state index contributed by atoms with van der Waals surface area (Å²) in [7, 11) is 0. The smallest absolute Gasteiger partial charge is 0.331 e. The monoisotopic (exact) mass is 298 g/mol. The summed E-state index contributed by atoms with van der Waals surface area (Å²) in [5.41, 5.74) is 1.78. The second-order valence-corrected chi connectivity index (χ2v) is 5.76. The van der Waals surface area contributed by atoms with Crippen molar-refractivity contribution in [2.45, 2.75) is 13.0 Å². The number of carboxylic acid groups (broad SMARTS) is 1. The molecule has 0 saturated heterocycles. The van der Waals surface area contributed by atoms with Crippen LogP contribution >= 0.6 is 11.3 Å². The van der Waals surface area contributed by atoms with Crippen LogP contribution in [0.3, 0.4) is 0 Å². The van der Waals surface area contributed by atoms with E-state index in [4.69, 9.17) is 0 Å². The van der Waals surface area contributed by atoms with Crippen LogP contribution in [0.25, 0.3) is 10.9 Å². The van der Waals surface area contributed by atoms with Crippen LogP contribution in [0.5, 0.6) is 0 Å². The zero-order valence-electron chi connectivity index (χ0n) is 11.4. The number of thiophene rings is 1. The fourth-order valence-corrected chi connectivity index (χ4v) is 2.98. The molecule has 0 fully saturated rings. The fourth-order valence-electron chi connectivity index (χ4n) is 2.21. The lowest BCUT2D eigenvalue weighted by Gasteiger charge is -2.16. The normalized spacial score (nSPS) is 12.2. The molecule has 0 aliphatic carbocycles. The molecule has 2 N–H and O–H groups in total. The molecule has 1 atom stereocenters. The van der Waals surface area contributed by atoms with Gasteiger partial charge in [-0.15, -0.1) is 11.3 Å². The predicted octanol–water partition coefficient (Wildman–Crippen LogP) is 3.84. The minimum absolute atomic E-state index is 0.606. The van der Waals surface area contributed by atoms with Gasteiger partial charge < -0.3 is 10.4 Å². The molecule has 5 heteroatoms. The summed E-state index contributed by atoms with van der Waals surface area (Å²) in [5, 5.41) is 15.4.